The number of nitriles is 1. The molecule has 0 N–H and O–H groups in total. The van der Waals surface area contributed by atoms with Gasteiger partial charge >= 0.3 is 0 Å². The molecule has 3 nitrogen and oxygen atoms in total. The second kappa shape index (κ2) is 5.97. The third-order valence-corrected chi connectivity index (χ3v) is 3.43. The molecule has 0 unspecified atom stereocenters. The first-order chi connectivity index (χ1) is 11.1. The van der Waals surface area contributed by atoms with Crippen LogP contribution < -0.4 is 0 Å². The molecule has 0 amide bonds. The van der Waals surface area contributed by atoms with E-state index in [1.165, 1.54) is 6.20 Å². The average molecular weight is 313 g/mol. The Morgan fingerprint density at radius 1 is 1.00 bits per heavy atom. The molecule has 0 saturated heterocycles. The van der Waals surface area contributed by atoms with E-state index in [1.807, 2.05) is 6.07 Å². The molecule has 2 aromatic carbocycles. The van der Waals surface area contributed by atoms with Crippen LogP contribution in [0.1, 0.15) is 11.1 Å². The van der Waals surface area contributed by atoms with Crippen molar-refractivity contribution in [3.63, 3.8) is 0 Å². The van der Waals surface area contributed by atoms with E-state index in [0.717, 1.165) is 17.7 Å². The van der Waals surface area contributed by atoms with Gasteiger partial charge in [-0.1, -0.05) is 12.1 Å². The number of aromatic nitrogens is 2. The predicted octanol–water partition coefficient (Wildman–Crippen LogP) is 3.89. The Kier molecular flexibility index (Phi) is 3.85. The molecule has 0 aliphatic rings. The topological polar surface area (TPSA) is 41.6 Å². The zero-order valence-electron chi connectivity index (χ0n) is 11.8. The van der Waals surface area contributed by atoms with Gasteiger partial charge in [0.05, 0.1) is 17.2 Å². The first-order valence-corrected chi connectivity index (χ1v) is 6.74. The van der Waals surface area contributed by atoms with Crippen molar-refractivity contribution in [3.8, 4) is 17.5 Å². The second-order valence-corrected chi connectivity index (χ2v) is 4.91. The summed E-state index contributed by atoms with van der Waals surface area (Å²) in [6.07, 6.45) is 3.08. The van der Waals surface area contributed by atoms with Crippen LogP contribution in [0, 0.1) is 28.8 Å². The molecule has 0 radical (unpaired) electrons. The molecule has 0 atom stereocenters. The molecule has 0 aliphatic carbocycles. The van der Waals surface area contributed by atoms with Crippen LogP contribution in [0.2, 0.25) is 0 Å². The molecule has 3 rings (SSSR count). The van der Waals surface area contributed by atoms with E-state index in [9.17, 15) is 13.2 Å². The number of hydrogen-bond acceptors (Lipinski definition) is 2. The van der Waals surface area contributed by atoms with Gasteiger partial charge in [0, 0.05) is 18.9 Å². The lowest BCUT2D eigenvalue weighted by Crippen LogP contribution is -2.04. The number of imidazole rings is 1. The summed E-state index contributed by atoms with van der Waals surface area (Å²) in [4.78, 5) is 4.03. The average Bonchev–Trinajstić information content (AvgIpc) is 3.01. The van der Waals surface area contributed by atoms with Crippen molar-refractivity contribution < 1.29 is 13.2 Å². The normalized spacial score (nSPS) is 10.5. The van der Waals surface area contributed by atoms with Gasteiger partial charge in [0.25, 0.3) is 0 Å². The summed E-state index contributed by atoms with van der Waals surface area (Å²) >= 11 is 0. The number of halogens is 3. The van der Waals surface area contributed by atoms with E-state index in [0.29, 0.717) is 12.1 Å². The highest BCUT2D eigenvalue weighted by Crippen LogP contribution is 2.25. The summed E-state index contributed by atoms with van der Waals surface area (Å²) in [5.41, 5.74) is 1.29. The number of benzene rings is 2. The maximum absolute atomic E-state index is 13.9. The molecule has 114 valence electrons. The van der Waals surface area contributed by atoms with E-state index in [-0.39, 0.29) is 11.4 Å². The van der Waals surface area contributed by atoms with Gasteiger partial charge in [-0.25, -0.2) is 18.2 Å². The van der Waals surface area contributed by atoms with Crippen LogP contribution in [-0.4, -0.2) is 9.55 Å². The highest BCUT2D eigenvalue weighted by Gasteiger charge is 2.18. The Morgan fingerprint density at radius 2 is 1.74 bits per heavy atom. The van der Waals surface area contributed by atoms with Crippen molar-refractivity contribution in [2.24, 2.45) is 0 Å². The quantitative estimate of drug-likeness (QED) is 0.688. The van der Waals surface area contributed by atoms with Gasteiger partial charge in [-0.2, -0.15) is 5.26 Å². The number of hydrogen-bond donors (Lipinski definition) is 0. The Hall–Kier alpha value is -3.07. The van der Waals surface area contributed by atoms with Gasteiger partial charge in [-0.15, -0.1) is 0 Å². The van der Waals surface area contributed by atoms with Gasteiger partial charge < -0.3 is 4.57 Å². The van der Waals surface area contributed by atoms with E-state index >= 15 is 0 Å². The molecule has 1 aromatic heterocycles. The van der Waals surface area contributed by atoms with Crippen LogP contribution in [-0.2, 0) is 6.54 Å². The standard InChI is InChI=1S/C17H10F3N3/c18-14-6-5-13(15(19)16(14)20)17-22-7-8-23(17)10-12-3-1-11(9-21)2-4-12/h1-8H,10H2. The van der Waals surface area contributed by atoms with Gasteiger partial charge in [0.2, 0.25) is 0 Å². The van der Waals surface area contributed by atoms with E-state index in [1.54, 1.807) is 35.0 Å². The van der Waals surface area contributed by atoms with E-state index in [2.05, 4.69) is 4.98 Å². The largest absolute Gasteiger partial charge is 0.326 e. The Balaban J connectivity index is 1.97. The molecular weight excluding hydrogens is 303 g/mol. The third-order valence-electron chi connectivity index (χ3n) is 3.43. The van der Waals surface area contributed by atoms with Crippen molar-refractivity contribution in [1.82, 2.24) is 9.55 Å². The molecule has 6 heteroatoms. The summed E-state index contributed by atoms with van der Waals surface area (Å²) in [6, 6.07) is 10.9. The molecule has 0 bridgehead atoms. The first kappa shape index (κ1) is 14.9. The lowest BCUT2D eigenvalue weighted by atomic mass is 10.1. The number of rotatable bonds is 3. The molecule has 0 spiro atoms. The second-order valence-electron chi connectivity index (χ2n) is 4.91. The lowest BCUT2D eigenvalue weighted by Gasteiger charge is -2.09. The molecule has 0 aliphatic heterocycles. The van der Waals surface area contributed by atoms with Gasteiger partial charge in [0.15, 0.2) is 17.5 Å². The fourth-order valence-electron chi connectivity index (χ4n) is 2.26. The maximum Gasteiger partial charge on any atom is 0.195 e. The van der Waals surface area contributed by atoms with Crippen LogP contribution in [0.3, 0.4) is 0 Å². The van der Waals surface area contributed by atoms with Crippen LogP contribution in [0.25, 0.3) is 11.4 Å². The summed E-state index contributed by atoms with van der Waals surface area (Å²) in [5.74, 6) is -3.82. The highest BCUT2D eigenvalue weighted by atomic mass is 19.2. The molecule has 0 saturated carbocycles. The van der Waals surface area contributed by atoms with Crippen molar-refractivity contribution >= 4 is 0 Å². The van der Waals surface area contributed by atoms with Crippen LogP contribution in [0.5, 0.6) is 0 Å². The minimum atomic E-state index is -1.52. The maximum atomic E-state index is 13.9. The lowest BCUT2D eigenvalue weighted by molar-refractivity contribution is 0.448. The van der Waals surface area contributed by atoms with Crippen molar-refractivity contribution in [3.05, 3.63) is 77.4 Å². The summed E-state index contributed by atoms with van der Waals surface area (Å²) in [7, 11) is 0. The zero-order valence-corrected chi connectivity index (χ0v) is 11.8. The van der Waals surface area contributed by atoms with Crippen molar-refractivity contribution in [1.29, 1.82) is 5.26 Å². The fraction of sp³-hybridized carbons (Fsp3) is 0.0588. The third kappa shape index (κ3) is 2.81. The molecule has 0 fully saturated rings. The highest BCUT2D eigenvalue weighted by molar-refractivity contribution is 5.57. The van der Waals surface area contributed by atoms with Gasteiger partial charge in [-0.05, 0) is 29.8 Å². The Labute approximate surface area is 130 Å². The SMILES string of the molecule is N#Cc1ccc(Cn2ccnc2-c2ccc(F)c(F)c2F)cc1. The summed E-state index contributed by atoms with van der Waals surface area (Å²) in [6.45, 7) is 0.361. The van der Waals surface area contributed by atoms with Crippen molar-refractivity contribution in [2.45, 2.75) is 6.54 Å². The molecular formula is C17H10F3N3. The summed E-state index contributed by atoms with van der Waals surface area (Å²) in [5, 5.41) is 8.78. The minimum absolute atomic E-state index is 0.109. The predicted molar refractivity (Wildman–Crippen MR) is 77.8 cm³/mol. The van der Waals surface area contributed by atoms with E-state index < -0.39 is 17.5 Å². The van der Waals surface area contributed by atoms with Crippen LogP contribution >= 0.6 is 0 Å². The summed E-state index contributed by atoms with van der Waals surface area (Å²) < 4.78 is 42.0. The Bertz CT molecular complexity index is 892. The molecule has 3 aromatic rings. The Morgan fingerprint density at radius 3 is 2.43 bits per heavy atom. The smallest absolute Gasteiger partial charge is 0.195 e. The van der Waals surface area contributed by atoms with Gasteiger partial charge in [0.1, 0.15) is 5.82 Å². The first-order valence-electron chi connectivity index (χ1n) is 6.74. The van der Waals surface area contributed by atoms with Crippen LogP contribution in [0.4, 0.5) is 13.2 Å². The van der Waals surface area contributed by atoms with Gasteiger partial charge in [-0.3, -0.25) is 0 Å². The van der Waals surface area contributed by atoms with E-state index in [4.69, 9.17) is 5.26 Å². The minimum Gasteiger partial charge on any atom is -0.326 e. The van der Waals surface area contributed by atoms with Crippen molar-refractivity contribution in [2.75, 3.05) is 0 Å². The number of nitrogens with zero attached hydrogens (tertiary/aromatic N) is 3. The monoisotopic (exact) mass is 313 g/mol. The fourth-order valence-corrected chi connectivity index (χ4v) is 2.26. The van der Waals surface area contributed by atoms with Crippen LogP contribution in [0.15, 0.2) is 48.8 Å². The zero-order chi connectivity index (χ0) is 16.4. The molecule has 1 heterocycles. The molecule has 23 heavy (non-hydrogen) atoms.